The van der Waals surface area contributed by atoms with Crippen LogP contribution < -0.4 is 10.6 Å². The number of carbonyl (C=O) groups excluding carboxylic acids is 1. The normalized spacial score (nSPS) is 18.3. The van der Waals surface area contributed by atoms with Crippen LogP contribution >= 0.6 is 0 Å². The Morgan fingerprint density at radius 2 is 2.21 bits per heavy atom. The molecule has 1 aliphatic rings. The van der Waals surface area contributed by atoms with Crippen LogP contribution in [-0.2, 0) is 9.59 Å². The second-order valence-electron chi connectivity index (χ2n) is 4.74. The number of carboxylic acid groups (broad SMARTS) is 1. The molecular formula is C14H18N2O3. The molecule has 1 amide bonds. The summed E-state index contributed by atoms with van der Waals surface area (Å²) in [6.07, 6.45) is 0.703. The SMILES string of the molecule is CCC(NC(=O)CC1CNc2ccccc21)C(=O)O. The molecule has 1 heterocycles. The van der Waals surface area contributed by atoms with E-state index in [0.717, 1.165) is 17.8 Å². The molecule has 2 rings (SSSR count). The molecule has 3 N–H and O–H groups in total. The number of aliphatic carboxylic acids is 1. The van der Waals surface area contributed by atoms with Crippen LogP contribution in [0, 0.1) is 0 Å². The lowest BCUT2D eigenvalue weighted by Crippen LogP contribution is -2.40. The Labute approximate surface area is 112 Å². The molecule has 2 atom stereocenters. The van der Waals surface area contributed by atoms with Gasteiger partial charge in [0.2, 0.25) is 5.91 Å². The van der Waals surface area contributed by atoms with Crippen molar-refractivity contribution in [1.29, 1.82) is 0 Å². The Morgan fingerprint density at radius 3 is 2.89 bits per heavy atom. The first-order valence-electron chi connectivity index (χ1n) is 6.46. The third kappa shape index (κ3) is 3.05. The number of carbonyl (C=O) groups is 2. The number of benzene rings is 1. The van der Waals surface area contributed by atoms with Gasteiger partial charge < -0.3 is 15.7 Å². The smallest absolute Gasteiger partial charge is 0.326 e. The van der Waals surface area contributed by atoms with Gasteiger partial charge >= 0.3 is 5.97 Å². The number of rotatable bonds is 5. The second-order valence-corrected chi connectivity index (χ2v) is 4.74. The van der Waals surface area contributed by atoms with Crippen LogP contribution in [-0.4, -0.2) is 29.6 Å². The summed E-state index contributed by atoms with van der Waals surface area (Å²) in [6.45, 7) is 2.46. The van der Waals surface area contributed by atoms with Crippen LogP contribution in [0.5, 0.6) is 0 Å². The van der Waals surface area contributed by atoms with E-state index < -0.39 is 12.0 Å². The van der Waals surface area contributed by atoms with Crippen molar-refractivity contribution in [1.82, 2.24) is 5.32 Å². The molecule has 102 valence electrons. The molecule has 0 aromatic heterocycles. The lowest BCUT2D eigenvalue weighted by Gasteiger charge is -2.14. The quantitative estimate of drug-likeness (QED) is 0.752. The summed E-state index contributed by atoms with van der Waals surface area (Å²) in [5, 5.41) is 14.7. The summed E-state index contributed by atoms with van der Waals surface area (Å²) < 4.78 is 0. The number of amides is 1. The van der Waals surface area contributed by atoms with Gasteiger partial charge in [0, 0.05) is 24.6 Å². The third-order valence-electron chi connectivity index (χ3n) is 3.41. The summed E-state index contributed by atoms with van der Waals surface area (Å²) in [5.41, 5.74) is 2.19. The average Bonchev–Trinajstić information content (AvgIpc) is 2.79. The first-order chi connectivity index (χ1) is 9.11. The van der Waals surface area contributed by atoms with E-state index in [0.29, 0.717) is 12.8 Å². The van der Waals surface area contributed by atoms with E-state index in [1.807, 2.05) is 24.3 Å². The Morgan fingerprint density at radius 1 is 1.47 bits per heavy atom. The van der Waals surface area contributed by atoms with Crippen LogP contribution in [0.2, 0.25) is 0 Å². The summed E-state index contributed by atoms with van der Waals surface area (Å²) in [6, 6.07) is 7.09. The number of para-hydroxylation sites is 1. The van der Waals surface area contributed by atoms with E-state index in [9.17, 15) is 9.59 Å². The Kier molecular flexibility index (Phi) is 4.04. The Balaban J connectivity index is 1.96. The number of carboxylic acids is 1. The lowest BCUT2D eigenvalue weighted by molar-refractivity contribution is -0.141. The van der Waals surface area contributed by atoms with Gasteiger partial charge in [-0.3, -0.25) is 4.79 Å². The maximum atomic E-state index is 11.9. The highest BCUT2D eigenvalue weighted by Crippen LogP contribution is 2.32. The fraction of sp³-hybridized carbons (Fsp3) is 0.429. The average molecular weight is 262 g/mol. The van der Waals surface area contributed by atoms with Crippen molar-refractivity contribution in [3.63, 3.8) is 0 Å². The fourth-order valence-corrected chi connectivity index (χ4v) is 2.35. The minimum absolute atomic E-state index is 0.113. The number of hydrogen-bond donors (Lipinski definition) is 3. The van der Waals surface area contributed by atoms with E-state index in [2.05, 4.69) is 10.6 Å². The molecule has 1 aliphatic heterocycles. The predicted molar refractivity (Wildman–Crippen MR) is 72.1 cm³/mol. The first kappa shape index (κ1) is 13.4. The van der Waals surface area contributed by atoms with Gasteiger partial charge in [0.1, 0.15) is 6.04 Å². The van der Waals surface area contributed by atoms with Gasteiger partial charge in [-0.1, -0.05) is 25.1 Å². The van der Waals surface area contributed by atoms with Gasteiger partial charge in [0.25, 0.3) is 0 Å². The number of nitrogens with one attached hydrogen (secondary N) is 2. The van der Waals surface area contributed by atoms with Gasteiger partial charge in [-0.25, -0.2) is 4.79 Å². The van der Waals surface area contributed by atoms with Crippen LogP contribution in [0.1, 0.15) is 31.2 Å². The molecule has 0 bridgehead atoms. The Hall–Kier alpha value is -2.04. The first-order valence-corrected chi connectivity index (χ1v) is 6.46. The van der Waals surface area contributed by atoms with Gasteiger partial charge in [-0.05, 0) is 18.1 Å². The zero-order valence-corrected chi connectivity index (χ0v) is 10.8. The molecule has 2 unspecified atom stereocenters. The summed E-state index contributed by atoms with van der Waals surface area (Å²) in [7, 11) is 0. The van der Waals surface area contributed by atoms with Crippen molar-refractivity contribution in [3.8, 4) is 0 Å². The van der Waals surface area contributed by atoms with E-state index >= 15 is 0 Å². The molecule has 0 saturated carbocycles. The molecule has 1 aromatic rings. The van der Waals surface area contributed by atoms with E-state index in [1.54, 1.807) is 6.92 Å². The highest BCUT2D eigenvalue weighted by molar-refractivity contribution is 5.84. The van der Waals surface area contributed by atoms with Crippen LogP contribution in [0.25, 0.3) is 0 Å². The minimum Gasteiger partial charge on any atom is -0.480 e. The van der Waals surface area contributed by atoms with Gasteiger partial charge in [0.05, 0.1) is 0 Å². The van der Waals surface area contributed by atoms with Gasteiger partial charge in [-0.2, -0.15) is 0 Å². The van der Waals surface area contributed by atoms with E-state index in [4.69, 9.17) is 5.11 Å². The molecule has 19 heavy (non-hydrogen) atoms. The molecular weight excluding hydrogens is 244 g/mol. The molecule has 0 radical (unpaired) electrons. The van der Waals surface area contributed by atoms with Crippen LogP contribution in [0.3, 0.4) is 0 Å². The number of fused-ring (bicyclic) bond motifs is 1. The largest absolute Gasteiger partial charge is 0.480 e. The molecule has 0 saturated heterocycles. The minimum atomic E-state index is -0.985. The number of hydrogen-bond acceptors (Lipinski definition) is 3. The van der Waals surface area contributed by atoms with Gasteiger partial charge in [0.15, 0.2) is 0 Å². The van der Waals surface area contributed by atoms with Crippen molar-refractivity contribution >= 4 is 17.6 Å². The van der Waals surface area contributed by atoms with Crippen molar-refractivity contribution in [2.45, 2.75) is 31.7 Å². The van der Waals surface area contributed by atoms with E-state index in [1.165, 1.54) is 0 Å². The van der Waals surface area contributed by atoms with Crippen molar-refractivity contribution in [3.05, 3.63) is 29.8 Å². The van der Waals surface area contributed by atoms with E-state index in [-0.39, 0.29) is 11.8 Å². The van der Waals surface area contributed by atoms with Crippen molar-refractivity contribution in [2.75, 3.05) is 11.9 Å². The monoisotopic (exact) mass is 262 g/mol. The summed E-state index contributed by atoms with van der Waals surface area (Å²) in [5.74, 6) is -1.08. The molecule has 0 fully saturated rings. The zero-order chi connectivity index (χ0) is 13.8. The molecule has 1 aromatic carbocycles. The molecule has 5 nitrogen and oxygen atoms in total. The highest BCUT2D eigenvalue weighted by Gasteiger charge is 2.25. The fourth-order valence-electron chi connectivity index (χ4n) is 2.35. The standard InChI is InChI=1S/C14H18N2O3/c1-2-11(14(18)19)16-13(17)7-9-8-15-12-6-4-3-5-10(9)12/h3-6,9,11,15H,2,7-8H2,1H3,(H,16,17)(H,18,19). The molecule has 5 heteroatoms. The highest BCUT2D eigenvalue weighted by atomic mass is 16.4. The molecule has 0 aliphatic carbocycles. The maximum absolute atomic E-state index is 11.9. The summed E-state index contributed by atoms with van der Waals surface area (Å²) >= 11 is 0. The topological polar surface area (TPSA) is 78.4 Å². The predicted octanol–water partition coefficient (Wildman–Crippen LogP) is 1.57. The number of anilines is 1. The van der Waals surface area contributed by atoms with Gasteiger partial charge in [-0.15, -0.1) is 0 Å². The third-order valence-corrected chi connectivity index (χ3v) is 3.41. The van der Waals surface area contributed by atoms with Crippen molar-refractivity contribution < 1.29 is 14.7 Å². The maximum Gasteiger partial charge on any atom is 0.326 e. The van der Waals surface area contributed by atoms with Crippen molar-refractivity contribution in [2.24, 2.45) is 0 Å². The lowest BCUT2D eigenvalue weighted by atomic mass is 9.97. The van der Waals surface area contributed by atoms with Crippen LogP contribution in [0.15, 0.2) is 24.3 Å². The van der Waals surface area contributed by atoms with Crippen LogP contribution in [0.4, 0.5) is 5.69 Å². The Bertz CT molecular complexity index is 487. The summed E-state index contributed by atoms with van der Waals surface area (Å²) in [4.78, 5) is 22.8. The molecule has 0 spiro atoms. The zero-order valence-electron chi connectivity index (χ0n) is 10.8. The second kappa shape index (κ2) is 5.73.